The molecule has 1 aromatic rings. The Balaban J connectivity index is 2.37. The normalized spacial score (nSPS) is 19.6. The molecular formula is C17H29N3O2. The fourth-order valence-corrected chi connectivity index (χ4v) is 3.17. The number of nitrogens with zero attached hydrogens (tertiary/aromatic N) is 3. The maximum Gasteiger partial charge on any atom is 0.409 e. The van der Waals surface area contributed by atoms with Gasteiger partial charge in [0.05, 0.1) is 19.3 Å². The number of rotatable bonds is 1. The van der Waals surface area contributed by atoms with Crippen molar-refractivity contribution in [2.24, 2.45) is 0 Å². The van der Waals surface area contributed by atoms with Crippen molar-refractivity contribution in [2.45, 2.75) is 64.8 Å². The number of ether oxygens (including phenoxy) is 1. The molecule has 0 radical (unpaired) electrons. The third-order valence-electron chi connectivity index (χ3n) is 4.26. The number of amides is 1. The van der Waals surface area contributed by atoms with Crippen LogP contribution in [-0.2, 0) is 15.6 Å². The molecule has 2 heterocycles. The molecule has 0 bridgehead atoms. The molecular weight excluding hydrogens is 278 g/mol. The summed E-state index contributed by atoms with van der Waals surface area (Å²) >= 11 is 0. The van der Waals surface area contributed by atoms with E-state index in [9.17, 15) is 4.79 Å². The number of methoxy groups -OCH3 is 1. The number of likely N-dealkylation sites (tertiary alicyclic amines) is 1. The van der Waals surface area contributed by atoms with Crippen molar-refractivity contribution < 1.29 is 9.53 Å². The van der Waals surface area contributed by atoms with Gasteiger partial charge in [0.25, 0.3) is 0 Å². The van der Waals surface area contributed by atoms with E-state index in [1.807, 2.05) is 6.20 Å². The van der Waals surface area contributed by atoms with Crippen molar-refractivity contribution in [1.29, 1.82) is 0 Å². The van der Waals surface area contributed by atoms with Crippen LogP contribution in [0.25, 0.3) is 0 Å². The Hall–Kier alpha value is -1.52. The number of carbonyl (C=O) groups is 1. The van der Waals surface area contributed by atoms with Crippen LogP contribution in [-0.4, -0.2) is 41.0 Å². The fourth-order valence-electron chi connectivity index (χ4n) is 3.17. The molecule has 1 aliphatic rings. The van der Waals surface area contributed by atoms with E-state index in [0.29, 0.717) is 6.54 Å². The number of aromatic nitrogens is 2. The molecule has 5 heteroatoms. The van der Waals surface area contributed by atoms with Crippen LogP contribution in [0.15, 0.2) is 6.20 Å². The highest BCUT2D eigenvalue weighted by Crippen LogP contribution is 2.36. The van der Waals surface area contributed by atoms with Gasteiger partial charge in [0.15, 0.2) is 0 Å². The average molecular weight is 307 g/mol. The molecule has 124 valence electrons. The predicted molar refractivity (Wildman–Crippen MR) is 87.3 cm³/mol. The van der Waals surface area contributed by atoms with Gasteiger partial charge in [-0.2, -0.15) is 5.10 Å². The lowest BCUT2D eigenvalue weighted by Crippen LogP contribution is -2.30. The highest BCUT2D eigenvalue weighted by molar-refractivity contribution is 5.67. The summed E-state index contributed by atoms with van der Waals surface area (Å²) in [7, 11) is 1.43. The minimum absolute atomic E-state index is 0.0117. The molecule has 2 rings (SSSR count). The van der Waals surface area contributed by atoms with E-state index in [-0.39, 0.29) is 23.0 Å². The van der Waals surface area contributed by atoms with E-state index in [4.69, 9.17) is 4.74 Å². The lowest BCUT2D eigenvalue weighted by atomic mass is 9.79. The Morgan fingerprint density at radius 3 is 2.36 bits per heavy atom. The van der Waals surface area contributed by atoms with Crippen LogP contribution in [0.3, 0.4) is 0 Å². The van der Waals surface area contributed by atoms with Crippen molar-refractivity contribution in [3.05, 3.63) is 17.5 Å². The summed E-state index contributed by atoms with van der Waals surface area (Å²) in [6, 6.07) is 0.226. The quantitative estimate of drug-likeness (QED) is 0.798. The molecule has 0 aliphatic carbocycles. The maximum absolute atomic E-state index is 11.7. The number of hydrogen-bond acceptors (Lipinski definition) is 3. The zero-order valence-corrected chi connectivity index (χ0v) is 14.9. The van der Waals surface area contributed by atoms with Crippen LogP contribution in [0.2, 0.25) is 0 Å². The monoisotopic (exact) mass is 307 g/mol. The van der Waals surface area contributed by atoms with Crippen molar-refractivity contribution in [3.63, 3.8) is 0 Å². The summed E-state index contributed by atoms with van der Waals surface area (Å²) < 4.78 is 6.98. The molecule has 1 saturated heterocycles. The molecule has 1 aromatic heterocycles. The first-order valence-corrected chi connectivity index (χ1v) is 7.97. The largest absolute Gasteiger partial charge is 0.453 e. The summed E-state index contributed by atoms with van der Waals surface area (Å²) in [6.07, 6.45) is 2.67. The van der Waals surface area contributed by atoms with Crippen molar-refractivity contribution in [1.82, 2.24) is 14.7 Å². The van der Waals surface area contributed by atoms with E-state index in [1.165, 1.54) is 18.4 Å². The van der Waals surface area contributed by atoms with Crippen LogP contribution in [0, 0.1) is 0 Å². The number of carbonyl (C=O) groups excluding carboxylic acids is 1. The maximum atomic E-state index is 11.7. The molecule has 22 heavy (non-hydrogen) atoms. The van der Waals surface area contributed by atoms with Crippen molar-refractivity contribution >= 4 is 6.09 Å². The standard InChI is InChI=1S/C17H29N3O2/c1-16(2,3)13-10-18-20(14(13)17(4,5)6)12-8-9-19(11-12)15(21)22-7/h10,12H,8-9,11H2,1-7H3. The molecule has 1 aliphatic heterocycles. The molecule has 1 amide bonds. The lowest BCUT2D eigenvalue weighted by molar-refractivity contribution is 0.131. The van der Waals surface area contributed by atoms with Gasteiger partial charge >= 0.3 is 6.09 Å². The lowest BCUT2D eigenvalue weighted by Gasteiger charge is -2.29. The van der Waals surface area contributed by atoms with Gasteiger partial charge in [-0.15, -0.1) is 0 Å². The molecule has 1 atom stereocenters. The summed E-state index contributed by atoms with van der Waals surface area (Å²) in [6.45, 7) is 14.7. The predicted octanol–water partition coefficient (Wildman–Crippen LogP) is 3.49. The van der Waals surface area contributed by atoms with Crippen molar-refractivity contribution in [3.8, 4) is 0 Å². The topological polar surface area (TPSA) is 47.4 Å². The second kappa shape index (κ2) is 5.60. The molecule has 0 saturated carbocycles. The van der Waals surface area contributed by atoms with Crippen LogP contribution in [0.5, 0.6) is 0 Å². The second-order valence-corrected chi connectivity index (χ2v) is 8.21. The second-order valence-electron chi connectivity index (χ2n) is 8.21. The average Bonchev–Trinajstić information content (AvgIpc) is 3.02. The zero-order chi connectivity index (χ0) is 16.7. The van der Waals surface area contributed by atoms with Gasteiger partial charge in [0.2, 0.25) is 0 Å². The van der Waals surface area contributed by atoms with Gasteiger partial charge in [0, 0.05) is 24.2 Å². The summed E-state index contributed by atoms with van der Waals surface area (Å²) in [5.74, 6) is 0. The van der Waals surface area contributed by atoms with E-state index in [2.05, 4.69) is 51.3 Å². The first kappa shape index (κ1) is 16.8. The van der Waals surface area contributed by atoms with Gasteiger partial charge < -0.3 is 9.64 Å². The first-order chi connectivity index (χ1) is 10.1. The van der Waals surface area contributed by atoms with Crippen LogP contribution in [0.1, 0.15) is 65.3 Å². The van der Waals surface area contributed by atoms with Gasteiger partial charge in [-0.3, -0.25) is 4.68 Å². The van der Waals surface area contributed by atoms with Gasteiger partial charge in [-0.1, -0.05) is 41.5 Å². The summed E-state index contributed by atoms with van der Waals surface area (Å²) in [5, 5.41) is 4.69. The third-order valence-corrected chi connectivity index (χ3v) is 4.26. The smallest absolute Gasteiger partial charge is 0.409 e. The number of hydrogen-bond donors (Lipinski definition) is 0. The Kier molecular flexibility index (Phi) is 4.28. The van der Waals surface area contributed by atoms with Crippen molar-refractivity contribution in [2.75, 3.05) is 20.2 Å². The fraction of sp³-hybridized carbons (Fsp3) is 0.765. The Bertz CT molecular complexity index is 549. The minimum Gasteiger partial charge on any atom is -0.453 e. The summed E-state index contributed by atoms with van der Waals surface area (Å²) in [5.41, 5.74) is 2.63. The van der Waals surface area contributed by atoms with Gasteiger partial charge in [0.1, 0.15) is 0 Å². The third kappa shape index (κ3) is 3.13. The van der Waals surface area contributed by atoms with E-state index in [0.717, 1.165) is 13.0 Å². The van der Waals surface area contributed by atoms with E-state index >= 15 is 0 Å². The van der Waals surface area contributed by atoms with Crippen LogP contribution >= 0.6 is 0 Å². The molecule has 0 N–H and O–H groups in total. The SMILES string of the molecule is COC(=O)N1CCC(n2ncc(C(C)(C)C)c2C(C)(C)C)C1. The molecule has 0 aromatic carbocycles. The first-order valence-electron chi connectivity index (χ1n) is 7.97. The van der Waals surface area contributed by atoms with E-state index < -0.39 is 0 Å². The zero-order valence-electron chi connectivity index (χ0n) is 14.9. The minimum atomic E-state index is -0.247. The highest BCUT2D eigenvalue weighted by Gasteiger charge is 2.35. The van der Waals surface area contributed by atoms with Crippen LogP contribution < -0.4 is 0 Å². The van der Waals surface area contributed by atoms with Gasteiger partial charge in [-0.05, 0) is 17.4 Å². The van der Waals surface area contributed by atoms with Crippen LogP contribution in [0.4, 0.5) is 4.79 Å². The molecule has 5 nitrogen and oxygen atoms in total. The summed E-state index contributed by atoms with van der Waals surface area (Å²) in [4.78, 5) is 13.5. The molecule has 1 unspecified atom stereocenters. The Morgan fingerprint density at radius 1 is 1.23 bits per heavy atom. The Morgan fingerprint density at radius 2 is 1.86 bits per heavy atom. The van der Waals surface area contributed by atoms with Gasteiger partial charge in [-0.25, -0.2) is 4.79 Å². The van der Waals surface area contributed by atoms with E-state index in [1.54, 1.807) is 4.90 Å². The molecule has 1 fully saturated rings. The Labute approximate surface area is 133 Å². The highest BCUT2D eigenvalue weighted by atomic mass is 16.5. The molecule has 0 spiro atoms.